The Morgan fingerprint density at radius 1 is 0.846 bits per heavy atom. The minimum absolute atomic E-state index is 0.0842. The average molecular weight is 343 g/mol. The zero-order valence-corrected chi connectivity index (χ0v) is 14.1. The van der Waals surface area contributed by atoms with E-state index in [2.05, 4.69) is 0 Å². The quantitative estimate of drug-likeness (QED) is 0.597. The predicted molar refractivity (Wildman–Crippen MR) is 98.2 cm³/mol. The topological polar surface area (TPSA) is 59.3 Å². The molecule has 0 spiro atoms. The number of ketones is 1. The number of carbonyl (C=O) groups is 1. The highest BCUT2D eigenvalue weighted by Gasteiger charge is 2.08. The van der Waals surface area contributed by atoms with Crippen molar-refractivity contribution in [3.8, 4) is 17.6 Å². The van der Waals surface area contributed by atoms with Gasteiger partial charge in [0.1, 0.15) is 18.1 Å². The molecular weight excluding hydrogens is 326 g/mol. The lowest BCUT2D eigenvalue weighted by Crippen LogP contribution is -2.11. The summed E-state index contributed by atoms with van der Waals surface area (Å²) >= 11 is 0. The summed E-state index contributed by atoms with van der Waals surface area (Å²) in [4.78, 5) is 12.2. The molecule has 0 heterocycles. The van der Waals surface area contributed by atoms with Crippen LogP contribution in [0.4, 0.5) is 0 Å². The van der Waals surface area contributed by atoms with E-state index < -0.39 is 0 Å². The van der Waals surface area contributed by atoms with E-state index in [-0.39, 0.29) is 12.4 Å². The fraction of sp³-hybridized carbons (Fsp3) is 0.0909. The highest BCUT2D eigenvalue weighted by Crippen LogP contribution is 2.16. The maximum Gasteiger partial charge on any atom is 0.200 e. The SMILES string of the molecule is N#Cc1cccc(OCC(=O)c2ccc(OCc3ccccc3)cc2)c1. The van der Waals surface area contributed by atoms with Gasteiger partial charge >= 0.3 is 0 Å². The van der Waals surface area contributed by atoms with Gasteiger partial charge in [0.05, 0.1) is 11.6 Å². The van der Waals surface area contributed by atoms with E-state index >= 15 is 0 Å². The third kappa shape index (κ3) is 4.71. The number of hydrogen-bond donors (Lipinski definition) is 0. The number of Topliss-reactive ketones (excluding diaryl/α,β-unsaturated/α-hetero) is 1. The summed E-state index contributed by atoms with van der Waals surface area (Å²) in [6, 6.07) is 25.6. The van der Waals surface area contributed by atoms with Crippen LogP contribution in [0.5, 0.6) is 11.5 Å². The van der Waals surface area contributed by atoms with E-state index in [0.29, 0.717) is 29.2 Å². The number of hydrogen-bond acceptors (Lipinski definition) is 4. The number of rotatable bonds is 7. The Kier molecular flexibility index (Phi) is 5.64. The van der Waals surface area contributed by atoms with Gasteiger partial charge in [-0.25, -0.2) is 0 Å². The molecule has 3 aromatic rings. The van der Waals surface area contributed by atoms with Crippen LogP contribution in [0.25, 0.3) is 0 Å². The summed E-state index contributed by atoms with van der Waals surface area (Å²) in [5, 5.41) is 8.88. The van der Waals surface area contributed by atoms with Gasteiger partial charge in [0, 0.05) is 5.56 Å². The lowest BCUT2D eigenvalue weighted by molar-refractivity contribution is 0.0921. The first-order valence-electron chi connectivity index (χ1n) is 8.17. The molecule has 0 amide bonds. The Labute approximate surface area is 152 Å². The van der Waals surface area contributed by atoms with Crippen molar-refractivity contribution in [2.45, 2.75) is 6.61 Å². The van der Waals surface area contributed by atoms with Gasteiger partial charge in [-0.15, -0.1) is 0 Å². The van der Waals surface area contributed by atoms with E-state index in [1.54, 1.807) is 48.5 Å². The number of ether oxygens (including phenoxy) is 2. The van der Waals surface area contributed by atoms with Gasteiger partial charge < -0.3 is 9.47 Å². The Morgan fingerprint density at radius 3 is 2.35 bits per heavy atom. The van der Waals surface area contributed by atoms with Crippen molar-refractivity contribution < 1.29 is 14.3 Å². The van der Waals surface area contributed by atoms with Crippen molar-refractivity contribution >= 4 is 5.78 Å². The van der Waals surface area contributed by atoms with Crippen LogP contribution in [0.2, 0.25) is 0 Å². The Morgan fingerprint density at radius 2 is 1.62 bits per heavy atom. The van der Waals surface area contributed by atoms with Crippen LogP contribution in [0, 0.1) is 11.3 Å². The van der Waals surface area contributed by atoms with Crippen molar-refractivity contribution in [2.75, 3.05) is 6.61 Å². The summed E-state index contributed by atoms with van der Waals surface area (Å²) in [7, 11) is 0. The fourth-order valence-corrected chi connectivity index (χ4v) is 2.37. The van der Waals surface area contributed by atoms with E-state index in [0.717, 1.165) is 5.56 Å². The van der Waals surface area contributed by atoms with Crippen LogP contribution in [0.15, 0.2) is 78.9 Å². The highest BCUT2D eigenvalue weighted by atomic mass is 16.5. The molecular formula is C22H17NO3. The van der Waals surface area contributed by atoms with Crippen molar-refractivity contribution in [3.63, 3.8) is 0 Å². The second-order valence-electron chi connectivity index (χ2n) is 5.65. The molecule has 0 aromatic heterocycles. The zero-order chi connectivity index (χ0) is 18.2. The van der Waals surface area contributed by atoms with Gasteiger partial charge in [-0.05, 0) is 48.0 Å². The summed E-state index contributed by atoms with van der Waals surface area (Å²) in [6.45, 7) is 0.394. The molecule has 0 saturated carbocycles. The van der Waals surface area contributed by atoms with Crippen LogP contribution < -0.4 is 9.47 Å². The maximum absolute atomic E-state index is 12.2. The van der Waals surface area contributed by atoms with Crippen molar-refractivity contribution in [2.24, 2.45) is 0 Å². The van der Waals surface area contributed by atoms with Crippen LogP contribution in [-0.4, -0.2) is 12.4 Å². The molecule has 0 aliphatic rings. The van der Waals surface area contributed by atoms with Gasteiger partial charge in [0.2, 0.25) is 0 Å². The highest BCUT2D eigenvalue weighted by molar-refractivity contribution is 5.97. The second-order valence-corrected chi connectivity index (χ2v) is 5.65. The zero-order valence-electron chi connectivity index (χ0n) is 14.1. The Balaban J connectivity index is 1.54. The molecule has 128 valence electrons. The number of carbonyl (C=O) groups excluding carboxylic acids is 1. The number of benzene rings is 3. The lowest BCUT2D eigenvalue weighted by Gasteiger charge is -2.08. The molecule has 4 nitrogen and oxygen atoms in total. The maximum atomic E-state index is 12.2. The molecule has 0 N–H and O–H groups in total. The van der Waals surface area contributed by atoms with E-state index in [9.17, 15) is 4.79 Å². The normalized spacial score (nSPS) is 9.96. The number of nitriles is 1. The predicted octanol–water partition coefficient (Wildman–Crippen LogP) is 4.40. The summed E-state index contributed by atoms with van der Waals surface area (Å²) in [5.41, 5.74) is 2.13. The Hall–Kier alpha value is -3.58. The first-order chi connectivity index (χ1) is 12.7. The van der Waals surface area contributed by atoms with Gasteiger partial charge in [0.25, 0.3) is 0 Å². The third-order valence-corrected chi connectivity index (χ3v) is 3.76. The van der Waals surface area contributed by atoms with Crippen molar-refractivity contribution in [3.05, 3.63) is 95.6 Å². The third-order valence-electron chi connectivity index (χ3n) is 3.76. The van der Waals surface area contributed by atoms with Gasteiger partial charge in [0.15, 0.2) is 12.4 Å². The van der Waals surface area contributed by atoms with Gasteiger partial charge in [-0.1, -0.05) is 36.4 Å². The minimum Gasteiger partial charge on any atom is -0.489 e. The van der Waals surface area contributed by atoms with Crippen LogP contribution in [-0.2, 0) is 6.61 Å². The molecule has 0 saturated heterocycles. The Bertz CT molecular complexity index is 912. The van der Waals surface area contributed by atoms with Gasteiger partial charge in [-0.2, -0.15) is 5.26 Å². The monoisotopic (exact) mass is 343 g/mol. The molecule has 4 heteroatoms. The molecule has 0 aliphatic carbocycles. The van der Waals surface area contributed by atoms with E-state index in [1.807, 2.05) is 36.4 Å². The molecule has 3 aromatic carbocycles. The second kappa shape index (κ2) is 8.50. The summed E-state index contributed by atoms with van der Waals surface area (Å²) < 4.78 is 11.2. The lowest BCUT2D eigenvalue weighted by atomic mass is 10.1. The minimum atomic E-state index is -0.137. The first kappa shape index (κ1) is 17.2. The molecule has 0 radical (unpaired) electrons. The van der Waals surface area contributed by atoms with Crippen molar-refractivity contribution in [1.82, 2.24) is 0 Å². The smallest absolute Gasteiger partial charge is 0.200 e. The molecule has 3 rings (SSSR count). The van der Waals surface area contributed by atoms with E-state index in [1.165, 1.54) is 0 Å². The standard InChI is InChI=1S/C22H17NO3/c23-14-18-7-4-8-21(13-18)26-16-22(24)19-9-11-20(12-10-19)25-15-17-5-2-1-3-6-17/h1-13H,15-16H2. The van der Waals surface area contributed by atoms with Crippen LogP contribution in [0.1, 0.15) is 21.5 Å². The van der Waals surface area contributed by atoms with Crippen LogP contribution in [0.3, 0.4) is 0 Å². The van der Waals surface area contributed by atoms with Crippen molar-refractivity contribution in [1.29, 1.82) is 5.26 Å². The average Bonchev–Trinajstić information content (AvgIpc) is 2.72. The first-order valence-corrected chi connectivity index (χ1v) is 8.17. The molecule has 0 aliphatic heterocycles. The molecule has 0 unspecified atom stereocenters. The summed E-state index contributed by atoms with van der Waals surface area (Å²) in [5.74, 6) is 1.07. The fourth-order valence-electron chi connectivity index (χ4n) is 2.37. The molecule has 0 bridgehead atoms. The van der Waals surface area contributed by atoms with Gasteiger partial charge in [-0.3, -0.25) is 4.79 Å². The largest absolute Gasteiger partial charge is 0.489 e. The van der Waals surface area contributed by atoms with E-state index in [4.69, 9.17) is 14.7 Å². The van der Waals surface area contributed by atoms with Crippen LogP contribution >= 0.6 is 0 Å². The number of nitrogens with zero attached hydrogens (tertiary/aromatic N) is 1. The molecule has 26 heavy (non-hydrogen) atoms. The summed E-state index contributed by atoms with van der Waals surface area (Å²) in [6.07, 6.45) is 0. The molecule has 0 atom stereocenters. The molecule has 0 fully saturated rings.